The van der Waals surface area contributed by atoms with E-state index in [-0.39, 0.29) is 24.4 Å². The van der Waals surface area contributed by atoms with Crippen molar-refractivity contribution < 1.29 is 23.8 Å². The molecule has 0 aromatic heterocycles. The molecule has 5 nitrogen and oxygen atoms in total. The van der Waals surface area contributed by atoms with Crippen LogP contribution in [-0.4, -0.2) is 47.7 Å². The third kappa shape index (κ3) is 4.01. The summed E-state index contributed by atoms with van der Waals surface area (Å²) in [5.41, 5.74) is 0.843. The van der Waals surface area contributed by atoms with Gasteiger partial charge >= 0.3 is 5.97 Å². The number of aryl methyl sites for hydroxylation is 1. The fourth-order valence-corrected chi connectivity index (χ4v) is 2.32. The van der Waals surface area contributed by atoms with Gasteiger partial charge in [0, 0.05) is 18.7 Å². The third-order valence-corrected chi connectivity index (χ3v) is 3.59. The Morgan fingerprint density at radius 3 is 2.62 bits per heavy atom. The molecule has 6 heteroatoms. The Morgan fingerprint density at radius 2 is 2.05 bits per heavy atom. The summed E-state index contributed by atoms with van der Waals surface area (Å²) < 4.78 is 18.7. The zero-order chi connectivity index (χ0) is 15.4. The van der Waals surface area contributed by atoms with Crippen LogP contribution in [0.5, 0.6) is 0 Å². The van der Waals surface area contributed by atoms with Crippen LogP contribution in [-0.2, 0) is 9.53 Å². The highest BCUT2D eigenvalue weighted by Crippen LogP contribution is 2.17. The maximum atomic E-state index is 13.5. The molecule has 0 bridgehead atoms. The average molecular weight is 295 g/mol. The number of aliphatic carboxylic acids is 1. The van der Waals surface area contributed by atoms with Crippen molar-refractivity contribution in [2.24, 2.45) is 0 Å². The molecule has 0 radical (unpaired) electrons. The molecule has 1 N–H and O–H groups in total. The Hall–Kier alpha value is -1.95. The van der Waals surface area contributed by atoms with Gasteiger partial charge in [-0.1, -0.05) is 6.07 Å². The minimum Gasteiger partial charge on any atom is -0.480 e. The highest BCUT2D eigenvalue weighted by molar-refractivity contribution is 5.94. The summed E-state index contributed by atoms with van der Waals surface area (Å²) >= 11 is 0. The van der Waals surface area contributed by atoms with Gasteiger partial charge in [0.15, 0.2) is 0 Å². The Balaban J connectivity index is 1.90. The number of hydrogen-bond donors (Lipinski definition) is 1. The van der Waals surface area contributed by atoms with Gasteiger partial charge in [-0.25, -0.2) is 9.18 Å². The Morgan fingerprint density at radius 1 is 1.38 bits per heavy atom. The van der Waals surface area contributed by atoms with Gasteiger partial charge in [0.25, 0.3) is 5.91 Å². The lowest BCUT2D eigenvalue weighted by atomic mass is 10.1. The van der Waals surface area contributed by atoms with E-state index in [0.29, 0.717) is 37.1 Å². The van der Waals surface area contributed by atoms with E-state index in [2.05, 4.69) is 0 Å². The van der Waals surface area contributed by atoms with Gasteiger partial charge in [-0.3, -0.25) is 4.79 Å². The molecule has 0 spiro atoms. The number of likely N-dealkylation sites (tertiary alicyclic amines) is 1. The number of carbonyl (C=O) groups excluding carboxylic acids is 1. The normalized spacial score (nSPS) is 16.0. The van der Waals surface area contributed by atoms with E-state index in [1.807, 2.05) is 0 Å². The minimum absolute atomic E-state index is 0.139. The van der Waals surface area contributed by atoms with Gasteiger partial charge in [-0.05, 0) is 37.5 Å². The summed E-state index contributed by atoms with van der Waals surface area (Å²) in [6.07, 6.45) is 1.04. The third-order valence-electron chi connectivity index (χ3n) is 3.59. The van der Waals surface area contributed by atoms with E-state index in [0.717, 1.165) is 0 Å². The lowest BCUT2D eigenvalue weighted by Crippen LogP contribution is -2.41. The first kappa shape index (κ1) is 15.4. The Bertz CT molecular complexity index is 538. The van der Waals surface area contributed by atoms with Gasteiger partial charge in [-0.2, -0.15) is 0 Å². The summed E-state index contributed by atoms with van der Waals surface area (Å²) in [4.78, 5) is 24.3. The molecule has 1 heterocycles. The van der Waals surface area contributed by atoms with Gasteiger partial charge in [0.05, 0.1) is 6.10 Å². The van der Waals surface area contributed by atoms with Crippen LogP contribution in [0, 0.1) is 12.7 Å². The van der Waals surface area contributed by atoms with Crippen molar-refractivity contribution >= 4 is 11.9 Å². The molecule has 1 aromatic rings. The summed E-state index contributed by atoms with van der Waals surface area (Å²) in [6, 6.07) is 4.46. The molecule has 21 heavy (non-hydrogen) atoms. The maximum Gasteiger partial charge on any atom is 0.329 e. The van der Waals surface area contributed by atoms with Crippen LogP contribution in [0.3, 0.4) is 0 Å². The van der Waals surface area contributed by atoms with Crippen LogP contribution >= 0.6 is 0 Å². The average Bonchev–Trinajstić information content (AvgIpc) is 2.48. The molecule has 1 aliphatic heterocycles. The molecule has 1 aromatic carbocycles. The lowest BCUT2D eigenvalue weighted by Gasteiger charge is -2.31. The second-order valence-corrected chi connectivity index (χ2v) is 5.16. The Kier molecular flexibility index (Phi) is 4.90. The number of rotatable bonds is 4. The van der Waals surface area contributed by atoms with Crippen molar-refractivity contribution in [1.82, 2.24) is 4.90 Å². The molecule has 1 amide bonds. The Labute approximate surface area is 122 Å². The van der Waals surface area contributed by atoms with Crippen LogP contribution in [0.25, 0.3) is 0 Å². The van der Waals surface area contributed by atoms with Crippen LogP contribution in [0.2, 0.25) is 0 Å². The predicted octanol–water partition coefficient (Wildman–Crippen LogP) is 1.84. The molecule has 1 aliphatic rings. The summed E-state index contributed by atoms with van der Waals surface area (Å²) in [7, 11) is 0. The van der Waals surface area contributed by atoms with E-state index in [4.69, 9.17) is 9.84 Å². The first-order valence-electron chi connectivity index (χ1n) is 6.86. The van der Waals surface area contributed by atoms with Crippen LogP contribution in [0.4, 0.5) is 4.39 Å². The number of carbonyl (C=O) groups is 2. The standard InChI is InChI=1S/C15H18FNO4/c1-10-2-3-11(8-13(10)16)15(20)17-6-4-12(5-7-17)21-9-14(18)19/h2-3,8,12H,4-7,9H2,1H3,(H,18,19). The molecule has 0 unspecified atom stereocenters. The number of hydrogen-bond acceptors (Lipinski definition) is 3. The number of carboxylic acid groups (broad SMARTS) is 1. The maximum absolute atomic E-state index is 13.5. The molecule has 2 rings (SSSR count). The molecule has 0 aliphatic carbocycles. The lowest BCUT2D eigenvalue weighted by molar-refractivity contribution is -0.145. The highest BCUT2D eigenvalue weighted by Gasteiger charge is 2.24. The van der Waals surface area contributed by atoms with Gasteiger partial charge < -0.3 is 14.7 Å². The molecular formula is C15H18FNO4. The molecule has 1 saturated heterocycles. The summed E-state index contributed by atoms with van der Waals surface area (Å²) in [6.45, 7) is 2.30. The van der Waals surface area contributed by atoms with Crippen molar-refractivity contribution in [3.05, 3.63) is 35.1 Å². The number of piperidine rings is 1. The van der Waals surface area contributed by atoms with E-state index >= 15 is 0 Å². The zero-order valence-electron chi connectivity index (χ0n) is 11.8. The number of benzene rings is 1. The summed E-state index contributed by atoms with van der Waals surface area (Å²) in [5.74, 6) is -1.59. The fourth-order valence-electron chi connectivity index (χ4n) is 2.32. The topological polar surface area (TPSA) is 66.8 Å². The molecular weight excluding hydrogens is 277 g/mol. The van der Waals surface area contributed by atoms with Crippen LogP contribution < -0.4 is 0 Å². The number of amides is 1. The fraction of sp³-hybridized carbons (Fsp3) is 0.467. The summed E-state index contributed by atoms with van der Waals surface area (Å²) in [5, 5.41) is 8.56. The molecule has 1 fully saturated rings. The molecule has 0 atom stereocenters. The number of halogens is 1. The van der Waals surface area contributed by atoms with Crippen LogP contribution in [0.1, 0.15) is 28.8 Å². The van der Waals surface area contributed by atoms with Crippen molar-refractivity contribution in [3.8, 4) is 0 Å². The monoisotopic (exact) mass is 295 g/mol. The van der Waals surface area contributed by atoms with Crippen molar-refractivity contribution in [1.29, 1.82) is 0 Å². The van der Waals surface area contributed by atoms with Gasteiger partial charge in [-0.15, -0.1) is 0 Å². The smallest absolute Gasteiger partial charge is 0.329 e. The van der Waals surface area contributed by atoms with E-state index < -0.39 is 5.97 Å². The predicted molar refractivity (Wildman–Crippen MR) is 73.7 cm³/mol. The number of ether oxygens (including phenoxy) is 1. The molecule has 114 valence electrons. The quantitative estimate of drug-likeness (QED) is 0.920. The second kappa shape index (κ2) is 6.67. The molecule has 0 saturated carbocycles. The van der Waals surface area contributed by atoms with Gasteiger partial charge in [0.2, 0.25) is 0 Å². The zero-order valence-corrected chi connectivity index (χ0v) is 11.8. The van der Waals surface area contributed by atoms with Crippen molar-refractivity contribution in [2.75, 3.05) is 19.7 Å². The highest BCUT2D eigenvalue weighted by atomic mass is 19.1. The number of carboxylic acids is 1. The largest absolute Gasteiger partial charge is 0.480 e. The SMILES string of the molecule is Cc1ccc(C(=O)N2CCC(OCC(=O)O)CC2)cc1F. The second-order valence-electron chi connectivity index (χ2n) is 5.16. The van der Waals surface area contributed by atoms with E-state index in [1.165, 1.54) is 6.07 Å². The van der Waals surface area contributed by atoms with Gasteiger partial charge in [0.1, 0.15) is 12.4 Å². The number of nitrogens with zero attached hydrogens (tertiary/aromatic N) is 1. The first-order chi connectivity index (χ1) is 9.97. The van der Waals surface area contributed by atoms with Crippen molar-refractivity contribution in [3.63, 3.8) is 0 Å². The van der Waals surface area contributed by atoms with E-state index in [9.17, 15) is 14.0 Å². The van der Waals surface area contributed by atoms with Crippen LogP contribution in [0.15, 0.2) is 18.2 Å². The van der Waals surface area contributed by atoms with Crippen molar-refractivity contribution in [2.45, 2.75) is 25.9 Å². The van der Waals surface area contributed by atoms with E-state index in [1.54, 1.807) is 24.0 Å². The minimum atomic E-state index is -0.997. The first-order valence-corrected chi connectivity index (χ1v) is 6.86.